The second-order valence-corrected chi connectivity index (χ2v) is 9.25. The minimum absolute atomic E-state index is 0.122. The van der Waals surface area contributed by atoms with Gasteiger partial charge in [0.15, 0.2) is 11.5 Å². The van der Waals surface area contributed by atoms with Crippen molar-refractivity contribution in [3.05, 3.63) is 81.6 Å². The first-order chi connectivity index (χ1) is 14.6. The van der Waals surface area contributed by atoms with E-state index in [1.807, 2.05) is 6.07 Å². The number of sulfone groups is 1. The second kappa shape index (κ2) is 8.95. The predicted molar refractivity (Wildman–Crippen MR) is 115 cm³/mol. The Balaban J connectivity index is 1.89. The van der Waals surface area contributed by atoms with Gasteiger partial charge in [0, 0.05) is 5.56 Å². The lowest BCUT2D eigenvalue weighted by Gasteiger charge is -2.10. The highest BCUT2D eigenvalue weighted by atomic mass is 35.5. The lowest BCUT2D eigenvalue weighted by atomic mass is 10.1. The van der Waals surface area contributed by atoms with Gasteiger partial charge in [0.05, 0.1) is 17.0 Å². The van der Waals surface area contributed by atoms with Crippen LogP contribution in [0.2, 0.25) is 5.02 Å². The summed E-state index contributed by atoms with van der Waals surface area (Å²) in [7, 11) is -3.93. The molecule has 2 aromatic carbocycles. The topological polar surface area (TPSA) is 103 Å². The normalized spacial score (nSPS) is 11.2. The number of hydrogen-bond acceptors (Lipinski definition) is 7. The number of Topliss-reactive ketones (excluding diaryl/α,β-unsaturated/α-hetero) is 1. The summed E-state index contributed by atoms with van der Waals surface area (Å²) in [6, 6.07) is 11.6. The molecule has 31 heavy (non-hydrogen) atoms. The van der Waals surface area contributed by atoms with Crippen LogP contribution in [0.15, 0.2) is 53.8 Å². The number of ether oxygens (including phenoxy) is 1. The van der Waals surface area contributed by atoms with E-state index in [1.54, 1.807) is 38.1 Å². The standard InChI is InChI=1S/C22H19ClN2O5S/c1-13-6-4-5-7-17(13)12-31(28,29)22-24-11-18(23)20(25-22)21(27)30-19-9-8-16(15(3)26)10-14(19)2/h4-11H,12H2,1-3H3. The van der Waals surface area contributed by atoms with Gasteiger partial charge in [-0.1, -0.05) is 35.9 Å². The molecule has 3 aromatic rings. The third-order valence-electron chi connectivity index (χ3n) is 4.58. The molecule has 3 rings (SSSR count). The molecule has 0 bridgehead atoms. The number of aromatic nitrogens is 2. The number of esters is 1. The molecule has 0 amide bonds. The second-order valence-electron chi connectivity index (χ2n) is 6.96. The van der Waals surface area contributed by atoms with E-state index < -0.39 is 21.0 Å². The van der Waals surface area contributed by atoms with Crippen LogP contribution in [0.4, 0.5) is 0 Å². The fourth-order valence-electron chi connectivity index (χ4n) is 2.82. The van der Waals surface area contributed by atoms with Crippen molar-refractivity contribution < 1.29 is 22.7 Å². The highest BCUT2D eigenvalue weighted by Crippen LogP contribution is 2.23. The molecule has 0 saturated heterocycles. The third-order valence-corrected chi connectivity index (χ3v) is 6.31. The quantitative estimate of drug-likeness (QED) is 0.236. The first-order valence-corrected chi connectivity index (χ1v) is 11.2. The van der Waals surface area contributed by atoms with E-state index in [9.17, 15) is 18.0 Å². The van der Waals surface area contributed by atoms with Crippen LogP contribution in [0, 0.1) is 13.8 Å². The van der Waals surface area contributed by atoms with Gasteiger partial charge in [-0.25, -0.2) is 23.2 Å². The molecule has 1 heterocycles. The van der Waals surface area contributed by atoms with Crippen LogP contribution in [0.3, 0.4) is 0 Å². The fraction of sp³-hybridized carbons (Fsp3) is 0.182. The van der Waals surface area contributed by atoms with Crippen LogP contribution in [-0.4, -0.2) is 30.1 Å². The van der Waals surface area contributed by atoms with Gasteiger partial charge in [-0.05, 0) is 55.7 Å². The van der Waals surface area contributed by atoms with Gasteiger partial charge in [-0.3, -0.25) is 4.79 Å². The summed E-state index contributed by atoms with van der Waals surface area (Å²) >= 11 is 6.03. The Morgan fingerprint density at radius 3 is 2.42 bits per heavy atom. The molecule has 0 fully saturated rings. The van der Waals surface area contributed by atoms with E-state index in [0.717, 1.165) is 11.8 Å². The average Bonchev–Trinajstić information content (AvgIpc) is 2.71. The Hall–Kier alpha value is -3.10. The summed E-state index contributed by atoms with van der Waals surface area (Å²) in [5.74, 6) is -1.17. The van der Waals surface area contributed by atoms with E-state index >= 15 is 0 Å². The summed E-state index contributed by atoms with van der Waals surface area (Å²) in [5.41, 5.74) is 2.08. The Labute approximate surface area is 185 Å². The summed E-state index contributed by atoms with van der Waals surface area (Å²) < 4.78 is 30.9. The highest BCUT2D eigenvalue weighted by Gasteiger charge is 2.25. The summed E-state index contributed by atoms with van der Waals surface area (Å²) in [4.78, 5) is 31.8. The number of halogens is 1. The Morgan fingerprint density at radius 1 is 1.06 bits per heavy atom. The van der Waals surface area contributed by atoms with Crippen molar-refractivity contribution in [2.45, 2.75) is 31.7 Å². The molecule has 0 unspecified atom stereocenters. The van der Waals surface area contributed by atoms with E-state index in [4.69, 9.17) is 16.3 Å². The number of hydrogen-bond donors (Lipinski definition) is 0. The van der Waals surface area contributed by atoms with Crippen LogP contribution in [0.25, 0.3) is 0 Å². The van der Waals surface area contributed by atoms with Gasteiger partial charge in [0.2, 0.25) is 15.0 Å². The molecule has 160 valence electrons. The molecule has 0 N–H and O–H groups in total. The molecule has 0 aliphatic carbocycles. The molecule has 7 nitrogen and oxygen atoms in total. The molecular weight excluding hydrogens is 440 g/mol. The van der Waals surface area contributed by atoms with E-state index in [1.165, 1.54) is 19.1 Å². The van der Waals surface area contributed by atoms with Crippen LogP contribution < -0.4 is 4.74 Å². The lowest BCUT2D eigenvalue weighted by Crippen LogP contribution is -2.17. The zero-order valence-corrected chi connectivity index (χ0v) is 18.6. The summed E-state index contributed by atoms with van der Waals surface area (Å²) in [6.45, 7) is 4.91. The van der Waals surface area contributed by atoms with Crippen LogP contribution >= 0.6 is 11.6 Å². The van der Waals surface area contributed by atoms with Crippen molar-refractivity contribution in [2.24, 2.45) is 0 Å². The maximum absolute atomic E-state index is 12.8. The Bertz CT molecular complexity index is 1290. The lowest BCUT2D eigenvalue weighted by molar-refractivity contribution is 0.0726. The predicted octanol–water partition coefficient (Wildman–Crippen LogP) is 4.14. The SMILES string of the molecule is CC(=O)c1ccc(OC(=O)c2nc(S(=O)(=O)Cc3ccccc3C)ncc2Cl)c(C)c1. The van der Waals surface area contributed by atoms with E-state index in [-0.39, 0.29) is 28.0 Å². The van der Waals surface area contributed by atoms with Crippen LogP contribution in [0.5, 0.6) is 5.75 Å². The van der Waals surface area contributed by atoms with Crippen molar-refractivity contribution in [1.29, 1.82) is 0 Å². The smallest absolute Gasteiger partial charge is 0.364 e. The molecule has 0 aliphatic heterocycles. The number of rotatable bonds is 6. The monoisotopic (exact) mass is 458 g/mol. The van der Waals surface area contributed by atoms with Crippen LogP contribution in [-0.2, 0) is 15.6 Å². The number of benzene rings is 2. The van der Waals surface area contributed by atoms with Gasteiger partial charge < -0.3 is 4.74 Å². The van der Waals surface area contributed by atoms with Gasteiger partial charge in [0.1, 0.15) is 5.75 Å². The van der Waals surface area contributed by atoms with Crippen molar-refractivity contribution in [2.75, 3.05) is 0 Å². The molecule has 0 saturated carbocycles. The number of carbonyl (C=O) groups is 2. The first kappa shape index (κ1) is 22.6. The van der Waals surface area contributed by atoms with Gasteiger partial charge >= 0.3 is 5.97 Å². The zero-order valence-electron chi connectivity index (χ0n) is 17.0. The molecule has 0 aliphatic rings. The first-order valence-electron chi connectivity index (χ1n) is 9.22. The van der Waals surface area contributed by atoms with Crippen molar-refractivity contribution >= 4 is 33.2 Å². The molecule has 9 heteroatoms. The molecular formula is C22H19ClN2O5S. The van der Waals surface area contributed by atoms with E-state index in [0.29, 0.717) is 16.7 Å². The van der Waals surface area contributed by atoms with Crippen LogP contribution in [0.1, 0.15) is 44.5 Å². The third kappa shape index (κ3) is 5.15. The number of nitrogens with zero attached hydrogens (tertiary/aromatic N) is 2. The minimum Gasteiger partial charge on any atom is -0.421 e. The largest absolute Gasteiger partial charge is 0.421 e. The zero-order chi connectivity index (χ0) is 22.8. The van der Waals surface area contributed by atoms with Gasteiger partial charge in [0.25, 0.3) is 0 Å². The van der Waals surface area contributed by atoms with Crippen molar-refractivity contribution in [1.82, 2.24) is 9.97 Å². The molecule has 0 spiro atoms. The molecule has 1 aromatic heterocycles. The number of ketones is 1. The minimum atomic E-state index is -3.93. The van der Waals surface area contributed by atoms with Crippen molar-refractivity contribution in [3.63, 3.8) is 0 Å². The maximum atomic E-state index is 12.8. The summed E-state index contributed by atoms with van der Waals surface area (Å²) in [6.07, 6.45) is 1.06. The Kier molecular flexibility index (Phi) is 6.52. The summed E-state index contributed by atoms with van der Waals surface area (Å²) in [5, 5.41) is -0.659. The molecule has 0 atom stereocenters. The van der Waals surface area contributed by atoms with E-state index in [2.05, 4.69) is 9.97 Å². The maximum Gasteiger partial charge on any atom is 0.364 e. The average molecular weight is 459 g/mol. The fourth-order valence-corrected chi connectivity index (χ4v) is 4.29. The van der Waals surface area contributed by atoms with Gasteiger partial charge in [-0.2, -0.15) is 0 Å². The van der Waals surface area contributed by atoms with Gasteiger partial charge in [-0.15, -0.1) is 0 Å². The molecule has 0 radical (unpaired) electrons. The Morgan fingerprint density at radius 2 is 1.77 bits per heavy atom. The number of aryl methyl sites for hydroxylation is 2. The van der Waals surface area contributed by atoms with Crippen molar-refractivity contribution in [3.8, 4) is 5.75 Å². The number of carbonyl (C=O) groups excluding carboxylic acids is 2. The highest BCUT2D eigenvalue weighted by molar-refractivity contribution is 7.90.